The number of nitrogens with zero attached hydrogens (tertiary/aromatic N) is 1. The molecule has 2 amide bonds. The molecule has 0 aliphatic carbocycles. The second-order valence-corrected chi connectivity index (χ2v) is 7.96. The van der Waals surface area contributed by atoms with Crippen LogP contribution >= 0.6 is 23.2 Å². The van der Waals surface area contributed by atoms with Gasteiger partial charge in [0.05, 0.1) is 41.2 Å². The van der Waals surface area contributed by atoms with Crippen LogP contribution in [0.25, 0.3) is 0 Å². The van der Waals surface area contributed by atoms with Crippen molar-refractivity contribution in [3.8, 4) is 17.2 Å². The molecule has 0 spiro atoms. The van der Waals surface area contributed by atoms with Crippen molar-refractivity contribution in [1.82, 2.24) is 5.43 Å². The Hall–Kier alpha value is -4.08. The largest absolute Gasteiger partial charge is 0.497 e. The van der Waals surface area contributed by atoms with Crippen LogP contribution in [0.1, 0.15) is 22.8 Å². The third kappa shape index (κ3) is 6.53. The van der Waals surface area contributed by atoms with E-state index >= 15 is 0 Å². The lowest BCUT2D eigenvalue weighted by Crippen LogP contribution is -2.33. The van der Waals surface area contributed by atoms with Gasteiger partial charge in [-0.1, -0.05) is 29.3 Å². The predicted octanol–water partition coefficient (Wildman–Crippen LogP) is 4.71. The lowest BCUT2D eigenvalue weighted by atomic mass is 10.1. The molecule has 186 valence electrons. The van der Waals surface area contributed by atoms with Gasteiger partial charge in [-0.05, 0) is 61.5 Å². The fourth-order valence-electron chi connectivity index (χ4n) is 2.89. The Kier molecular flexibility index (Phi) is 8.88. The topological polar surface area (TPSA) is 115 Å². The first-order valence-corrected chi connectivity index (χ1v) is 11.1. The van der Waals surface area contributed by atoms with Crippen LogP contribution in [0.4, 0.5) is 5.69 Å². The van der Waals surface area contributed by atoms with E-state index in [4.69, 9.17) is 37.4 Å². The lowest BCUT2D eigenvalue weighted by Gasteiger charge is -2.11. The standard InChI is InChI=1S/C25H21Cl2N3O6/c1-14(29-30-24(32)23(31)28-19-6-4-5-18(26)22(19)27)16-9-12-20(21(13-16)35-3)36-25(33)15-7-10-17(34-2)11-8-15/h4-13H,1-3H3,(H,28,31)(H,30,32). The van der Waals surface area contributed by atoms with Crippen LogP contribution in [0.5, 0.6) is 17.2 Å². The number of carbonyl (C=O) groups is 3. The molecule has 0 aromatic heterocycles. The molecule has 9 nitrogen and oxygen atoms in total. The number of hydrazone groups is 1. The number of amides is 2. The molecule has 3 aromatic rings. The Labute approximate surface area is 216 Å². The van der Waals surface area contributed by atoms with E-state index < -0.39 is 17.8 Å². The number of esters is 1. The summed E-state index contributed by atoms with van der Waals surface area (Å²) in [4.78, 5) is 36.8. The molecule has 2 N–H and O–H groups in total. The zero-order valence-corrected chi connectivity index (χ0v) is 20.9. The number of nitrogens with one attached hydrogen (secondary N) is 2. The predicted molar refractivity (Wildman–Crippen MR) is 136 cm³/mol. The molecule has 0 bridgehead atoms. The van der Waals surface area contributed by atoms with Gasteiger partial charge < -0.3 is 19.5 Å². The maximum atomic E-state index is 12.5. The minimum atomic E-state index is -1.01. The quantitative estimate of drug-likeness (QED) is 0.150. The minimum Gasteiger partial charge on any atom is -0.497 e. The second-order valence-electron chi connectivity index (χ2n) is 7.18. The van der Waals surface area contributed by atoms with Crippen molar-refractivity contribution < 1.29 is 28.6 Å². The van der Waals surface area contributed by atoms with Gasteiger partial charge in [0.2, 0.25) is 0 Å². The Morgan fingerprint density at radius 1 is 0.833 bits per heavy atom. The van der Waals surface area contributed by atoms with Crippen molar-refractivity contribution >= 4 is 52.4 Å². The summed E-state index contributed by atoms with van der Waals surface area (Å²) >= 11 is 11.9. The van der Waals surface area contributed by atoms with Gasteiger partial charge in [-0.2, -0.15) is 5.10 Å². The average Bonchev–Trinajstić information content (AvgIpc) is 2.89. The molecule has 0 aliphatic rings. The van der Waals surface area contributed by atoms with Gasteiger partial charge >= 0.3 is 17.8 Å². The van der Waals surface area contributed by atoms with Gasteiger partial charge in [0.15, 0.2) is 11.5 Å². The van der Waals surface area contributed by atoms with Crippen molar-refractivity contribution in [2.75, 3.05) is 19.5 Å². The van der Waals surface area contributed by atoms with E-state index in [-0.39, 0.29) is 27.2 Å². The molecule has 0 saturated heterocycles. The summed E-state index contributed by atoms with van der Waals surface area (Å²) in [5.41, 5.74) is 3.61. The van der Waals surface area contributed by atoms with Crippen LogP contribution in [-0.2, 0) is 9.59 Å². The summed E-state index contributed by atoms with van der Waals surface area (Å²) in [6.45, 7) is 1.61. The molecule has 0 atom stereocenters. The SMILES string of the molecule is COc1ccc(C(=O)Oc2ccc(C(C)=NNC(=O)C(=O)Nc3cccc(Cl)c3Cl)cc2OC)cc1. The first kappa shape index (κ1) is 26.5. The number of hydrogen-bond donors (Lipinski definition) is 2. The molecule has 0 radical (unpaired) electrons. The van der Waals surface area contributed by atoms with Gasteiger partial charge in [-0.3, -0.25) is 9.59 Å². The number of methoxy groups -OCH3 is 2. The molecule has 36 heavy (non-hydrogen) atoms. The normalized spacial score (nSPS) is 10.9. The molecule has 0 fully saturated rings. The van der Waals surface area contributed by atoms with Crippen LogP contribution in [0.15, 0.2) is 65.8 Å². The zero-order chi connectivity index (χ0) is 26.2. The van der Waals surface area contributed by atoms with E-state index in [1.807, 2.05) is 0 Å². The highest BCUT2D eigenvalue weighted by molar-refractivity contribution is 6.45. The van der Waals surface area contributed by atoms with Crippen LogP contribution in [0.3, 0.4) is 0 Å². The number of rotatable bonds is 7. The molecule has 3 rings (SSSR count). The molecule has 0 aliphatic heterocycles. The van der Waals surface area contributed by atoms with Gasteiger partial charge in [-0.25, -0.2) is 10.2 Å². The molecule has 0 saturated carbocycles. The Bertz CT molecular complexity index is 1330. The Morgan fingerprint density at radius 2 is 1.53 bits per heavy atom. The van der Waals surface area contributed by atoms with Crippen LogP contribution in [0.2, 0.25) is 10.0 Å². The van der Waals surface area contributed by atoms with Crippen LogP contribution in [-0.4, -0.2) is 37.7 Å². The van der Waals surface area contributed by atoms with Crippen molar-refractivity contribution in [2.24, 2.45) is 5.10 Å². The van der Waals surface area contributed by atoms with E-state index in [2.05, 4.69) is 15.8 Å². The molecule has 3 aromatic carbocycles. The first-order valence-electron chi connectivity index (χ1n) is 10.4. The third-order valence-corrected chi connectivity index (χ3v) is 5.66. The second kappa shape index (κ2) is 12.1. The Balaban J connectivity index is 1.67. The van der Waals surface area contributed by atoms with Crippen molar-refractivity contribution in [3.05, 3.63) is 81.8 Å². The van der Waals surface area contributed by atoms with Crippen molar-refractivity contribution in [2.45, 2.75) is 6.92 Å². The summed E-state index contributed by atoms with van der Waals surface area (Å²) in [5, 5.41) is 6.66. The third-order valence-electron chi connectivity index (χ3n) is 4.84. The average molecular weight is 530 g/mol. The number of benzene rings is 3. The lowest BCUT2D eigenvalue weighted by molar-refractivity contribution is -0.136. The molecule has 11 heteroatoms. The maximum absolute atomic E-state index is 12.5. The number of ether oxygens (including phenoxy) is 3. The van der Waals surface area contributed by atoms with E-state index in [1.54, 1.807) is 55.5 Å². The van der Waals surface area contributed by atoms with Crippen LogP contribution < -0.4 is 25.0 Å². The van der Waals surface area contributed by atoms with Gasteiger partial charge in [0.25, 0.3) is 0 Å². The van der Waals surface area contributed by atoms with E-state index in [9.17, 15) is 14.4 Å². The van der Waals surface area contributed by atoms with Gasteiger partial charge in [0.1, 0.15) is 5.75 Å². The summed E-state index contributed by atoms with van der Waals surface area (Å²) in [6, 6.07) is 15.8. The smallest absolute Gasteiger partial charge is 0.343 e. The summed E-state index contributed by atoms with van der Waals surface area (Å²) in [5.74, 6) is -1.50. The molecule has 0 heterocycles. The Morgan fingerprint density at radius 3 is 2.19 bits per heavy atom. The van der Waals surface area contributed by atoms with Gasteiger partial charge in [-0.15, -0.1) is 0 Å². The highest BCUT2D eigenvalue weighted by Gasteiger charge is 2.17. The highest BCUT2D eigenvalue weighted by Crippen LogP contribution is 2.30. The monoisotopic (exact) mass is 529 g/mol. The van der Waals surface area contributed by atoms with Crippen molar-refractivity contribution in [1.29, 1.82) is 0 Å². The number of hydrogen-bond acceptors (Lipinski definition) is 7. The minimum absolute atomic E-state index is 0.111. The molecule has 0 unspecified atom stereocenters. The summed E-state index contributed by atoms with van der Waals surface area (Å²) < 4.78 is 15.9. The van der Waals surface area contributed by atoms with Crippen molar-refractivity contribution in [3.63, 3.8) is 0 Å². The maximum Gasteiger partial charge on any atom is 0.343 e. The summed E-state index contributed by atoms with van der Waals surface area (Å²) in [7, 11) is 2.95. The number of carbonyl (C=O) groups excluding carboxylic acids is 3. The number of halogens is 2. The molecular formula is C25H21Cl2N3O6. The fourth-order valence-corrected chi connectivity index (χ4v) is 3.24. The van der Waals surface area contributed by atoms with E-state index in [0.717, 1.165) is 0 Å². The zero-order valence-electron chi connectivity index (χ0n) is 19.4. The first-order chi connectivity index (χ1) is 17.2. The summed E-state index contributed by atoms with van der Waals surface area (Å²) in [6.07, 6.45) is 0. The highest BCUT2D eigenvalue weighted by atomic mass is 35.5. The molecular weight excluding hydrogens is 509 g/mol. The van der Waals surface area contributed by atoms with E-state index in [1.165, 1.54) is 26.4 Å². The number of anilines is 1. The van der Waals surface area contributed by atoms with E-state index in [0.29, 0.717) is 22.6 Å². The van der Waals surface area contributed by atoms with Crippen LogP contribution in [0, 0.1) is 0 Å². The van der Waals surface area contributed by atoms with Gasteiger partial charge in [0, 0.05) is 5.56 Å². The fraction of sp³-hybridized carbons (Fsp3) is 0.120.